The number of rotatable bonds is 11. The summed E-state index contributed by atoms with van der Waals surface area (Å²) in [5.41, 5.74) is 0.566. The van der Waals surface area contributed by atoms with Crippen LogP contribution in [0.3, 0.4) is 0 Å². The van der Waals surface area contributed by atoms with E-state index in [9.17, 15) is 4.79 Å². The predicted octanol–water partition coefficient (Wildman–Crippen LogP) is 2.87. The highest BCUT2D eigenvalue weighted by Gasteiger charge is 2.15. The van der Waals surface area contributed by atoms with Crippen molar-refractivity contribution in [3.63, 3.8) is 0 Å². The Labute approximate surface area is 161 Å². The Balaban J connectivity index is 2.14. The van der Waals surface area contributed by atoms with E-state index in [-0.39, 0.29) is 18.6 Å². The van der Waals surface area contributed by atoms with Crippen molar-refractivity contribution in [1.29, 1.82) is 0 Å². The molecule has 24 heavy (non-hydrogen) atoms. The highest BCUT2D eigenvalue weighted by molar-refractivity contribution is 9.10. The Morgan fingerprint density at radius 1 is 1.12 bits per heavy atom. The number of halogens is 1. The molecule has 2 aromatic heterocycles. The fourth-order valence-electron chi connectivity index (χ4n) is 2.07. The third-order valence-corrected chi connectivity index (χ3v) is 6.94. The van der Waals surface area contributed by atoms with Gasteiger partial charge in [-0.1, -0.05) is 0 Å². The van der Waals surface area contributed by atoms with Gasteiger partial charge in [-0.3, -0.25) is 4.79 Å². The molecule has 0 unspecified atom stereocenters. The summed E-state index contributed by atoms with van der Waals surface area (Å²) in [5.74, 6) is 3.66. The lowest BCUT2D eigenvalue weighted by Crippen LogP contribution is -2.29. The number of nitrogens with zero attached hydrogens (tertiary/aromatic N) is 1. The molecule has 0 aromatic carbocycles. The van der Waals surface area contributed by atoms with Crippen LogP contribution in [0.1, 0.15) is 0 Å². The summed E-state index contributed by atoms with van der Waals surface area (Å²) in [6.07, 6.45) is 0. The van der Waals surface area contributed by atoms with Crippen molar-refractivity contribution in [2.24, 2.45) is 0 Å². The molecule has 0 spiro atoms. The van der Waals surface area contributed by atoms with Crippen molar-refractivity contribution in [1.82, 2.24) is 0 Å². The standard InChI is InChI=1S/C15H20BrNO4S3/c16-11-10-24-15-12(20)9-13(21-14(11)15)17(1-5-22-7-3-18)2-6-23-8-4-19/h9-10,18-19H,1-8H2. The second-order valence-corrected chi connectivity index (χ2v) is 9.03. The van der Waals surface area contributed by atoms with Gasteiger partial charge in [0.25, 0.3) is 0 Å². The van der Waals surface area contributed by atoms with Crippen molar-refractivity contribution in [2.45, 2.75) is 0 Å². The molecule has 0 aliphatic heterocycles. The van der Waals surface area contributed by atoms with Crippen LogP contribution in [0.4, 0.5) is 5.88 Å². The van der Waals surface area contributed by atoms with E-state index < -0.39 is 0 Å². The van der Waals surface area contributed by atoms with Crippen molar-refractivity contribution >= 4 is 67.0 Å². The maximum absolute atomic E-state index is 12.3. The lowest BCUT2D eigenvalue weighted by Gasteiger charge is -2.22. The molecule has 0 fully saturated rings. The Bertz CT molecular complexity index is 679. The van der Waals surface area contributed by atoms with Gasteiger partial charge in [0.15, 0.2) is 11.5 Å². The summed E-state index contributed by atoms with van der Waals surface area (Å²) in [5, 5.41) is 19.6. The molecule has 0 saturated heterocycles. The van der Waals surface area contributed by atoms with Gasteiger partial charge in [-0.05, 0) is 15.9 Å². The first-order valence-electron chi connectivity index (χ1n) is 7.50. The minimum absolute atomic E-state index is 0.0297. The maximum atomic E-state index is 12.3. The zero-order valence-electron chi connectivity index (χ0n) is 13.1. The normalized spacial score (nSPS) is 11.3. The van der Waals surface area contributed by atoms with Gasteiger partial charge in [-0.15, -0.1) is 11.3 Å². The van der Waals surface area contributed by atoms with Gasteiger partial charge in [0.05, 0.1) is 17.7 Å². The van der Waals surface area contributed by atoms with Gasteiger partial charge in [0, 0.05) is 47.5 Å². The smallest absolute Gasteiger partial charge is 0.204 e. The molecule has 2 aromatic rings. The van der Waals surface area contributed by atoms with E-state index in [4.69, 9.17) is 14.6 Å². The number of aliphatic hydroxyl groups excluding tert-OH is 2. The lowest BCUT2D eigenvalue weighted by atomic mass is 10.4. The van der Waals surface area contributed by atoms with Crippen LogP contribution in [-0.2, 0) is 0 Å². The molecule has 2 N–H and O–H groups in total. The number of anilines is 1. The number of hydrogen-bond acceptors (Lipinski definition) is 8. The van der Waals surface area contributed by atoms with Crippen molar-refractivity contribution in [3.05, 3.63) is 26.1 Å². The molecule has 0 aliphatic carbocycles. The molecule has 0 bridgehead atoms. The molecule has 0 aliphatic rings. The molecule has 2 heterocycles. The molecular formula is C15H20BrNO4S3. The van der Waals surface area contributed by atoms with Crippen LogP contribution < -0.4 is 10.3 Å². The fraction of sp³-hybridized carbons (Fsp3) is 0.533. The largest absolute Gasteiger partial charge is 0.438 e. The molecule has 0 saturated carbocycles. The SMILES string of the molecule is O=c1cc(N(CCSCCO)CCSCCO)oc2c(Br)csc12. The topological polar surface area (TPSA) is 73.9 Å². The number of aliphatic hydroxyl groups is 2. The van der Waals surface area contributed by atoms with Crippen LogP contribution >= 0.6 is 50.8 Å². The molecule has 9 heteroatoms. The van der Waals surface area contributed by atoms with Gasteiger partial charge >= 0.3 is 0 Å². The van der Waals surface area contributed by atoms with Crippen LogP contribution in [0.25, 0.3) is 10.3 Å². The predicted molar refractivity (Wildman–Crippen MR) is 109 cm³/mol. The number of thioether (sulfide) groups is 2. The summed E-state index contributed by atoms with van der Waals surface area (Å²) < 4.78 is 7.38. The molecule has 5 nitrogen and oxygen atoms in total. The van der Waals surface area contributed by atoms with Gasteiger partial charge in [0.1, 0.15) is 4.70 Å². The molecular weight excluding hydrogens is 434 g/mol. The van der Waals surface area contributed by atoms with Crippen LogP contribution in [-0.4, -0.2) is 59.5 Å². The Morgan fingerprint density at radius 2 is 1.75 bits per heavy atom. The van der Waals surface area contributed by atoms with E-state index in [1.807, 2.05) is 5.38 Å². The van der Waals surface area contributed by atoms with E-state index >= 15 is 0 Å². The van der Waals surface area contributed by atoms with Gasteiger partial charge in [0.2, 0.25) is 5.43 Å². The molecule has 0 radical (unpaired) electrons. The average molecular weight is 454 g/mol. The van der Waals surface area contributed by atoms with Crippen LogP contribution in [0.15, 0.2) is 25.1 Å². The second kappa shape index (κ2) is 10.7. The quantitative estimate of drug-likeness (QED) is 0.506. The van der Waals surface area contributed by atoms with Crippen molar-refractivity contribution in [2.75, 3.05) is 54.2 Å². The summed E-state index contributed by atoms with van der Waals surface area (Å²) in [6.45, 7) is 1.81. The van der Waals surface area contributed by atoms with E-state index in [2.05, 4.69) is 20.8 Å². The van der Waals surface area contributed by atoms with Crippen molar-refractivity contribution in [3.8, 4) is 0 Å². The van der Waals surface area contributed by atoms with Gasteiger partial charge in [-0.2, -0.15) is 23.5 Å². The Hall–Kier alpha value is -0.190. The average Bonchev–Trinajstić information content (AvgIpc) is 2.95. The first-order chi connectivity index (χ1) is 11.7. The van der Waals surface area contributed by atoms with E-state index in [0.717, 1.165) is 29.1 Å². The maximum Gasteiger partial charge on any atom is 0.204 e. The molecule has 134 valence electrons. The second-order valence-electron chi connectivity index (χ2n) is 4.85. The fourth-order valence-corrected chi connectivity index (χ4v) is 4.89. The van der Waals surface area contributed by atoms with Gasteiger partial charge < -0.3 is 19.5 Å². The van der Waals surface area contributed by atoms with Gasteiger partial charge in [-0.25, -0.2) is 0 Å². The summed E-state index contributed by atoms with van der Waals surface area (Å²) in [6, 6.07) is 1.55. The molecule has 0 atom stereocenters. The van der Waals surface area contributed by atoms with Crippen LogP contribution in [0.2, 0.25) is 0 Å². The minimum Gasteiger partial charge on any atom is -0.438 e. The minimum atomic E-state index is -0.0297. The third-order valence-electron chi connectivity index (χ3n) is 3.18. The lowest BCUT2D eigenvalue weighted by molar-refractivity contribution is 0.322. The number of hydrogen-bond donors (Lipinski definition) is 2. The number of fused-ring (bicyclic) bond motifs is 1. The van der Waals surface area contributed by atoms with E-state index in [0.29, 0.717) is 27.7 Å². The highest BCUT2D eigenvalue weighted by atomic mass is 79.9. The molecule has 2 rings (SSSR count). The highest BCUT2D eigenvalue weighted by Crippen LogP contribution is 2.31. The van der Waals surface area contributed by atoms with E-state index in [1.165, 1.54) is 11.3 Å². The summed E-state index contributed by atoms with van der Waals surface area (Å²) in [7, 11) is 0. The van der Waals surface area contributed by atoms with Crippen LogP contribution in [0, 0.1) is 0 Å². The third kappa shape index (κ3) is 5.67. The zero-order chi connectivity index (χ0) is 17.4. The monoisotopic (exact) mass is 453 g/mol. The van der Waals surface area contributed by atoms with Crippen molar-refractivity contribution < 1.29 is 14.6 Å². The van der Waals surface area contributed by atoms with E-state index in [1.54, 1.807) is 29.6 Å². The molecule has 0 amide bonds. The van der Waals surface area contributed by atoms with Crippen LogP contribution in [0.5, 0.6) is 0 Å². The summed E-state index contributed by atoms with van der Waals surface area (Å²) in [4.78, 5) is 14.4. The first kappa shape index (κ1) is 20.1. The number of thiophene rings is 1. The Kier molecular flexibility index (Phi) is 8.99. The zero-order valence-corrected chi connectivity index (χ0v) is 17.1. The summed E-state index contributed by atoms with van der Waals surface area (Å²) >= 11 is 8.13. The Morgan fingerprint density at radius 3 is 2.33 bits per heavy atom. The first-order valence-corrected chi connectivity index (χ1v) is 11.5.